The smallest absolute Gasteiger partial charge is 0.255 e. The van der Waals surface area contributed by atoms with Crippen molar-refractivity contribution in [3.63, 3.8) is 0 Å². The average Bonchev–Trinajstić information content (AvgIpc) is 2.88. The van der Waals surface area contributed by atoms with Gasteiger partial charge in [-0.25, -0.2) is 0 Å². The molecule has 0 spiro atoms. The zero-order valence-electron chi connectivity index (χ0n) is 19.3. The second kappa shape index (κ2) is 12.0. The number of anilines is 2. The lowest BCUT2D eigenvalue weighted by molar-refractivity contribution is 0.0691. The maximum atomic E-state index is 12.7. The second-order valence-corrected chi connectivity index (χ2v) is 7.68. The van der Waals surface area contributed by atoms with Crippen LogP contribution in [0.15, 0.2) is 78.0 Å². The number of nitrogens with zero attached hydrogens (tertiary/aromatic N) is 4. The molecule has 0 radical (unpaired) electrons. The Morgan fingerprint density at radius 3 is 2.24 bits per heavy atom. The maximum Gasteiger partial charge on any atom is 0.255 e. The minimum Gasteiger partial charge on any atom is -0.355 e. The van der Waals surface area contributed by atoms with E-state index in [1.165, 1.54) is 0 Å². The molecule has 1 N–H and O–H groups in total. The van der Waals surface area contributed by atoms with E-state index in [2.05, 4.69) is 26.3 Å². The lowest BCUT2D eigenvalue weighted by atomic mass is 10.1. The number of pyridine rings is 1. The summed E-state index contributed by atoms with van der Waals surface area (Å²) in [5, 5.41) is 4.17. The lowest BCUT2D eigenvalue weighted by Crippen LogP contribution is -2.50. The lowest BCUT2D eigenvalue weighted by Gasteiger charge is -2.37. The summed E-state index contributed by atoms with van der Waals surface area (Å²) in [5.74, 6) is 0.929. The normalized spacial score (nSPS) is 13.8. The van der Waals surface area contributed by atoms with Crippen molar-refractivity contribution in [3.05, 3.63) is 89.2 Å². The number of nitrogens with one attached hydrogen (secondary N) is 1. The summed E-state index contributed by atoms with van der Waals surface area (Å²) in [5.41, 5.74) is 3.57. The van der Waals surface area contributed by atoms with Crippen LogP contribution in [-0.4, -0.2) is 59.8 Å². The number of hydrogen-bond acceptors (Lipinski definition) is 4. The number of amides is 1. The summed E-state index contributed by atoms with van der Waals surface area (Å²) < 4.78 is 0. The van der Waals surface area contributed by atoms with E-state index in [0.717, 1.165) is 22.8 Å². The van der Waals surface area contributed by atoms with Crippen LogP contribution in [0.2, 0.25) is 5.02 Å². The van der Waals surface area contributed by atoms with Gasteiger partial charge in [0.05, 0.1) is 5.56 Å². The Kier molecular flexibility index (Phi) is 8.84. The van der Waals surface area contributed by atoms with Gasteiger partial charge < -0.3 is 15.1 Å². The third-order valence-corrected chi connectivity index (χ3v) is 5.53. The first-order valence-corrected chi connectivity index (χ1v) is 11.6. The SMILES string of the molecule is CC.CN=C(c1ccccc1Nc1ccc(Cl)cc1)N1CCN(C(=O)c2cccnc2)CC1. The Hall–Kier alpha value is -3.38. The fraction of sp³-hybridized carbons (Fsp3) is 0.269. The molecule has 0 atom stereocenters. The number of hydrogen-bond donors (Lipinski definition) is 1. The van der Waals surface area contributed by atoms with E-state index in [9.17, 15) is 4.79 Å². The fourth-order valence-electron chi connectivity index (χ4n) is 3.70. The van der Waals surface area contributed by atoms with Crippen LogP contribution in [-0.2, 0) is 0 Å². The number of piperazine rings is 1. The number of benzene rings is 2. The molecule has 0 bridgehead atoms. The molecule has 1 saturated heterocycles. The van der Waals surface area contributed by atoms with Crippen LogP contribution in [0.4, 0.5) is 11.4 Å². The Balaban J connectivity index is 0.00000149. The molecule has 2 heterocycles. The van der Waals surface area contributed by atoms with E-state index in [-0.39, 0.29) is 5.91 Å². The van der Waals surface area contributed by atoms with Crippen LogP contribution in [0.3, 0.4) is 0 Å². The monoisotopic (exact) mass is 463 g/mol. The van der Waals surface area contributed by atoms with Gasteiger partial charge in [0.15, 0.2) is 0 Å². The fourth-order valence-corrected chi connectivity index (χ4v) is 3.83. The maximum absolute atomic E-state index is 12.7. The van der Waals surface area contributed by atoms with Crippen LogP contribution >= 0.6 is 11.6 Å². The van der Waals surface area contributed by atoms with Crippen molar-refractivity contribution in [3.8, 4) is 0 Å². The highest BCUT2D eigenvalue weighted by molar-refractivity contribution is 6.30. The van der Waals surface area contributed by atoms with Gasteiger partial charge in [0, 0.05) is 67.6 Å². The topological polar surface area (TPSA) is 60.8 Å². The molecule has 1 aliphatic rings. The molecular weight excluding hydrogens is 434 g/mol. The third kappa shape index (κ3) is 6.11. The molecule has 1 amide bonds. The summed E-state index contributed by atoms with van der Waals surface area (Å²) in [6.45, 7) is 6.71. The van der Waals surface area contributed by atoms with Crippen LogP contribution in [0.5, 0.6) is 0 Å². The number of halogens is 1. The molecule has 1 aromatic heterocycles. The molecule has 0 unspecified atom stereocenters. The molecule has 4 rings (SSSR count). The zero-order chi connectivity index (χ0) is 23.6. The van der Waals surface area contributed by atoms with Crippen molar-refractivity contribution in [1.82, 2.24) is 14.8 Å². The van der Waals surface area contributed by atoms with E-state index < -0.39 is 0 Å². The first kappa shape index (κ1) is 24.3. The summed E-state index contributed by atoms with van der Waals surface area (Å²) in [4.78, 5) is 25.5. The number of carbonyl (C=O) groups excluding carboxylic acids is 1. The van der Waals surface area contributed by atoms with Gasteiger partial charge >= 0.3 is 0 Å². The molecule has 1 aliphatic heterocycles. The first-order valence-electron chi connectivity index (χ1n) is 11.2. The largest absolute Gasteiger partial charge is 0.355 e. The number of amidine groups is 1. The number of para-hydroxylation sites is 1. The van der Waals surface area contributed by atoms with E-state index in [0.29, 0.717) is 36.8 Å². The predicted octanol–water partition coefficient (Wildman–Crippen LogP) is 5.34. The van der Waals surface area contributed by atoms with Gasteiger partial charge in [-0.1, -0.05) is 37.6 Å². The summed E-state index contributed by atoms with van der Waals surface area (Å²) >= 11 is 6.01. The molecule has 7 heteroatoms. The number of aliphatic imine (C=N–C) groups is 1. The summed E-state index contributed by atoms with van der Waals surface area (Å²) in [6.07, 6.45) is 3.29. The van der Waals surface area contributed by atoms with Gasteiger partial charge in [-0.15, -0.1) is 0 Å². The van der Waals surface area contributed by atoms with Crippen LogP contribution in [0, 0.1) is 0 Å². The third-order valence-electron chi connectivity index (χ3n) is 5.28. The van der Waals surface area contributed by atoms with Crippen molar-refractivity contribution in [2.75, 3.05) is 38.5 Å². The molecule has 1 fully saturated rings. The van der Waals surface area contributed by atoms with Gasteiger partial charge in [-0.05, 0) is 48.5 Å². The first-order chi connectivity index (χ1) is 16.2. The Morgan fingerprint density at radius 2 is 1.61 bits per heavy atom. The summed E-state index contributed by atoms with van der Waals surface area (Å²) in [7, 11) is 1.81. The molecule has 0 aliphatic carbocycles. The minimum atomic E-state index is 0.0209. The van der Waals surface area contributed by atoms with Crippen molar-refractivity contribution in [1.29, 1.82) is 0 Å². The number of aromatic nitrogens is 1. The quantitative estimate of drug-likeness (QED) is 0.419. The molecule has 2 aromatic carbocycles. The zero-order valence-corrected chi connectivity index (χ0v) is 20.1. The van der Waals surface area contributed by atoms with Gasteiger partial charge in [-0.3, -0.25) is 14.8 Å². The predicted molar refractivity (Wildman–Crippen MR) is 137 cm³/mol. The van der Waals surface area contributed by atoms with Crippen molar-refractivity contribution >= 4 is 34.7 Å². The Bertz CT molecular complexity index is 1060. The van der Waals surface area contributed by atoms with Crippen LogP contribution in [0.25, 0.3) is 0 Å². The van der Waals surface area contributed by atoms with Crippen molar-refractivity contribution in [2.45, 2.75) is 13.8 Å². The second-order valence-electron chi connectivity index (χ2n) is 7.25. The van der Waals surface area contributed by atoms with E-state index >= 15 is 0 Å². The molecule has 3 aromatic rings. The average molecular weight is 464 g/mol. The highest BCUT2D eigenvalue weighted by Crippen LogP contribution is 2.24. The van der Waals surface area contributed by atoms with Gasteiger partial charge in [0.25, 0.3) is 5.91 Å². The minimum absolute atomic E-state index is 0.0209. The molecule has 6 nitrogen and oxygen atoms in total. The number of carbonyl (C=O) groups is 1. The number of rotatable bonds is 4. The Morgan fingerprint density at radius 1 is 0.939 bits per heavy atom. The standard InChI is InChI=1S/C24H24ClN5O.C2H6/c1-26-23(21-6-2-3-7-22(21)28-20-10-8-19(25)9-11-20)29-13-15-30(16-14-29)24(31)18-5-4-12-27-17-18;1-2/h2-12,17,28H,13-16H2,1H3;1-2H3. The Labute approximate surface area is 200 Å². The van der Waals surface area contributed by atoms with E-state index in [4.69, 9.17) is 11.6 Å². The highest BCUT2D eigenvalue weighted by Gasteiger charge is 2.25. The molecular formula is C26H30ClN5O. The highest BCUT2D eigenvalue weighted by atomic mass is 35.5. The van der Waals surface area contributed by atoms with Crippen molar-refractivity contribution < 1.29 is 4.79 Å². The van der Waals surface area contributed by atoms with Crippen molar-refractivity contribution in [2.24, 2.45) is 4.99 Å². The van der Waals surface area contributed by atoms with Gasteiger partial charge in [-0.2, -0.15) is 0 Å². The molecule has 0 saturated carbocycles. The molecule has 33 heavy (non-hydrogen) atoms. The van der Waals surface area contributed by atoms with Gasteiger partial charge in [0.1, 0.15) is 5.84 Å². The van der Waals surface area contributed by atoms with E-state index in [1.54, 1.807) is 24.5 Å². The molecule has 172 valence electrons. The van der Waals surface area contributed by atoms with Crippen LogP contribution < -0.4 is 5.32 Å². The van der Waals surface area contributed by atoms with Gasteiger partial charge in [0.2, 0.25) is 0 Å². The van der Waals surface area contributed by atoms with Crippen LogP contribution in [0.1, 0.15) is 29.8 Å². The summed E-state index contributed by atoms with van der Waals surface area (Å²) in [6, 6.07) is 19.3. The van der Waals surface area contributed by atoms with E-state index in [1.807, 2.05) is 68.3 Å².